The van der Waals surface area contributed by atoms with E-state index in [1.807, 2.05) is 23.4 Å². The van der Waals surface area contributed by atoms with Gasteiger partial charge in [-0.3, -0.25) is 14.7 Å². The predicted octanol–water partition coefficient (Wildman–Crippen LogP) is 4.57. The van der Waals surface area contributed by atoms with Gasteiger partial charge in [0.15, 0.2) is 0 Å². The second-order valence-electron chi connectivity index (χ2n) is 8.33. The van der Waals surface area contributed by atoms with Crippen LogP contribution in [0.1, 0.15) is 18.1 Å². The Hall–Kier alpha value is -3.44. The maximum Gasteiger partial charge on any atom is 0.246 e. The van der Waals surface area contributed by atoms with E-state index < -0.39 is 0 Å². The van der Waals surface area contributed by atoms with Crippen molar-refractivity contribution in [2.24, 2.45) is 0 Å². The van der Waals surface area contributed by atoms with Gasteiger partial charge in [0.25, 0.3) is 0 Å². The summed E-state index contributed by atoms with van der Waals surface area (Å²) in [5, 5.41) is 2.50. The molecule has 0 radical (unpaired) electrons. The zero-order chi connectivity index (χ0) is 21.9. The Labute approximate surface area is 188 Å². The number of pyridine rings is 1. The van der Waals surface area contributed by atoms with E-state index in [4.69, 9.17) is 0 Å². The number of carbonyl (C=O) groups excluding carboxylic acids is 1. The Balaban J connectivity index is 1.26. The maximum absolute atomic E-state index is 12.8. The highest BCUT2D eigenvalue weighted by molar-refractivity contribution is 6.08. The summed E-state index contributed by atoms with van der Waals surface area (Å²) in [7, 11) is 0. The number of amides is 1. The molecule has 1 amide bonds. The molecule has 162 valence electrons. The van der Waals surface area contributed by atoms with Gasteiger partial charge in [-0.15, -0.1) is 0 Å². The average Bonchev–Trinajstić information content (AvgIpc) is 3.16. The Morgan fingerprint density at radius 2 is 1.69 bits per heavy atom. The fraction of sp³-hybridized carbons (Fsp3) is 0.259. The molecular formula is C27H28N4O. The van der Waals surface area contributed by atoms with Crippen molar-refractivity contribution < 1.29 is 4.79 Å². The van der Waals surface area contributed by atoms with Crippen molar-refractivity contribution in [3.05, 3.63) is 84.2 Å². The van der Waals surface area contributed by atoms with Crippen LogP contribution in [0.3, 0.4) is 0 Å². The molecule has 1 saturated heterocycles. The summed E-state index contributed by atoms with van der Waals surface area (Å²) >= 11 is 0. The quantitative estimate of drug-likeness (QED) is 0.441. The molecule has 2 aromatic heterocycles. The van der Waals surface area contributed by atoms with Crippen molar-refractivity contribution in [3.63, 3.8) is 0 Å². The molecule has 0 unspecified atom stereocenters. The fourth-order valence-corrected chi connectivity index (χ4v) is 4.66. The smallest absolute Gasteiger partial charge is 0.246 e. The number of aromatic nitrogens is 2. The third kappa shape index (κ3) is 4.04. The number of rotatable bonds is 5. The normalized spacial score (nSPS) is 15.2. The van der Waals surface area contributed by atoms with Gasteiger partial charge in [-0.25, -0.2) is 0 Å². The Kier molecular flexibility index (Phi) is 5.73. The van der Waals surface area contributed by atoms with Crippen molar-refractivity contribution in [2.75, 3.05) is 26.2 Å². The van der Waals surface area contributed by atoms with Gasteiger partial charge in [-0.1, -0.05) is 24.3 Å². The van der Waals surface area contributed by atoms with Crippen LogP contribution in [-0.4, -0.2) is 51.4 Å². The molecule has 5 rings (SSSR count). The van der Waals surface area contributed by atoms with Crippen molar-refractivity contribution in [1.29, 1.82) is 0 Å². The molecule has 0 atom stereocenters. The first-order valence-corrected chi connectivity index (χ1v) is 11.3. The molecule has 32 heavy (non-hydrogen) atoms. The lowest BCUT2D eigenvalue weighted by Gasteiger charge is -2.34. The van der Waals surface area contributed by atoms with Crippen LogP contribution in [0.2, 0.25) is 0 Å². The van der Waals surface area contributed by atoms with Gasteiger partial charge in [-0.2, -0.15) is 0 Å². The van der Waals surface area contributed by atoms with Gasteiger partial charge >= 0.3 is 0 Å². The third-order valence-electron chi connectivity index (χ3n) is 6.37. The molecule has 5 nitrogen and oxygen atoms in total. The largest absolute Gasteiger partial charge is 0.341 e. The van der Waals surface area contributed by atoms with Crippen LogP contribution in [0.15, 0.2) is 73.1 Å². The molecule has 1 aliphatic rings. The van der Waals surface area contributed by atoms with E-state index in [9.17, 15) is 4.79 Å². The monoisotopic (exact) mass is 424 g/mol. The molecule has 1 aliphatic heterocycles. The van der Waals surface area contributed by atoms with Crippen molar-refractivity contribution in [1.82, 2.24) is 19.4 Å². The molecule has 1 fully saturated rings. The van der Waals surface area contributed by atoms with E-state index in [1.165, 1.54) is 27.4 Å². The minimum atomic E-state index is 0.0876. The standard InChI is InChI=1S/C27H28N4O/c1-2-31-25-6-4-3-5-23(25)24-19-21(7-9-26(24)31)8-10-27(32)30-17-15-29(16-18-30)20-22-11-13-28-14-12-22/h3-14,19H,2,15-18,20H2,1H3/b10-8+. The number of benzene rings is 2. The average molecular weight is 425 g/mol. The van der Waals surface area contributed by atoms with Crippen LogP contribution >= 0.6 is 0 Å². The number of nitrogens with zero attached hydrogens (tertiary/aromatic N) is 4. The second-order valence-corrected chi connectivity index (χ2v) is 8.33. The summed E-state index contributed by atoms with van der Waals surface area (Å²) in [6.45, 7) is 7.33. The van der Waals surface area contributed by atoms with Gasteiger partial charge in [0.2, 0.25) is 5.91 Å². The minimum absolute atomic E-state index is 0.0876. The highest BCUT2D eigenvalue weighted by Crippen LogP contribution is 2.30. The summed E-state index contributed by atoms with van der Waals surface area (Å²) in [6, 6.07) is 19.1. The minimum Gasteiger partial charge on any atom is -0.341 e. The molecule has 3 heterocycles. The van der Waals surface area contributed by atoms with E-state index in [1.54, 1.807) is 6.08 Å². The number of piperazine rings is 1. The van der Waals surface area contributed by atoms with Crippen LogP contribution in [0.25, 0.3) is 27.9 Å². The number of fused-ring (bicyclic) bond motifs is 3. The molecule has 0 bridgehead atoms. The maximum atomic E-state index is 12.8. The van der Waals surface area contributed by atoms with E-state index in [0.717, 1.165) is 44.8 Å². The zero-order valence-corrected chi connectivity index (χ0v) is 18.4. The lowest BCUT2D eigenvalue weighted by atomic mass is 10.1. The Bertz CT molecular complexity index is 1270. The second kappa shape index (κ2) is 8.97. The summed E-state index contributed by atoms with van der Waals surface area (Å²) < 4.78 is 2.34. The lowest BCUT2D eigenvalue weighted by Crippen LogP contribution is -2.47. The summed E-state index contributed by atoms with van der Waals surface area (Å²) in [4.78, 5) is 21.2. The Morgan fingerprint density at radius 1 is 0.938 bits per heavy atom. The molecule has 0 N–H and O–H groups in total. The summed E-state index contributed by atoms with van der Waals surface area (Å²) in [5.74, 6) is 0.0876. The van der Waals surface area contributed by atoms with Gasteiger partial charge in [-0.05, 0) is 54.5 Å². The van der Waals surface area contributed by atoms with Crippen LogP contribution in [0, 0.1) is 0 Å². The first-order valence-electron chi connectivity index (χ1n) is 11.3. The number of hydrogen-bond acceptors (Lipinski definition) is 3. The molecule has 4 aromatic rings. The van der Waals surface area contributed by atoms with Gasteiger partial charge in [0.05, 0.1) is 0 Å². The SMILES string of the molecule is CCn1c2ccccc2c2cc(/C=C/C(=O)N3CCN(Cc4ccncc4)CC3)ccc21. The molecule has 0 spiro atoms. The number of carbonyl (C=O) groups is 1. The highest BCUT2D eigenvalue weighted by Gasteiger charge is 2.19. The van der Waals surface area contributed by atoms with Crippen molar-refractivity contribution in [3.8, 4) is 0 Å². The first kappa shape index (κ1) is 20.5. The zero-order valence-electron chi connectivity index (χ0n) is 18.4. The number of hydrogen-bond donors (Lipinski definition) is 0. The van der Waals surface area contributed by atoms with Gasteiger partial charge < -0.3 is 9.47 Å². The van der Waals surface area contributed by atoms with Crippen LogP contribution in [0.4, 0.5) is 0 Å². The topological polar surface area (TPSA) is 41.4 Å². The van der Waals surface area contributed by atoms with E-state index in [-0.39, 0.29) is 5.91 Å². The molecule has 0 saturated carbocycles. The van der Waals surface area contributed by atoms with Crippen LogP contribution in [-0.2, 0) is 17.9 Å². The molecule has 5 heteroatoms. The number of aryl methyl sites for hydroxylation is 1. The van der Waals surface area contributed by atoms with Crippen molar-refractivity contribution in [2.45, 2.75) is 20.0 Å². The van der Waals surface area contributed by atoms with E-state index in [0.29, 0.717) is 0 Å². The fourth-order valence-electron chi connectivity index (χ4n) is 4.66. The molecule has 0 aliphatic carbocycles. The molecule has 2 aromatic carbocycles. The van der Waals surface area contributed by atoms with Crippen LogP contribution in [0.5, 0.6) is 0 Å². The third-order valence-corrected chi connectivity index (χ3v) is 6.37. The molecular weight excluding hydrogens is 396 g/mol. The van der Waals surface area contributed by atoms with E-state index >= 15 is 0 Å². The van der Waals surface area contributed by atoms with Crippen molar-refractivity contribution >= 4 is 33.8 Å². The Morgan fingerprint density at radius 3 is 2.47 bits per heavy atom. The predicted molar refractivity (Wildman–Crippen MR) is 130 cm³/mol. The summed E-state index contributed by atoms with van der Waals surface area (Å²) in [5.41, 5.74) is 4.81. The van der Waals surface area contributed by atoms with Gasteiger partial charge in [0.1, 0.15) is 0 Å². The lowest BCUT2D eigenvalue weighted by molar-refractivity contribution is -0.127. The van der Waals surface area contributed by atoms with E-state index in [2.05, 4.69) is 76.0 Å². The number of para-hydroxylation sites is 1. The van der Waals surface area contributed by atoms with Crippen LogP contribution < -0.4 is 0 Å². The first-order chi connectivity index (χ1) is 15.7. The van der Waals surface area contributed by atoms with Gasteiger partial charge in [0, 0.05) is 79.5 Å². The highest BCUT2D eigenvalue weighted by atomic mass is 16.2. The summed E-state index contributed by atoms with van der Waals surface area (Å²) in [6.07, 6.45) is 7.33.